The first kappa shape index (κ1) is 21.1. The minimum Gasteiger partial charge on any atom is -0.493 e. The van der Waals surface area contributed by atoms with E-state index in [0.717, 1.165) is 22.4 Å². The van der Waals surface area contributed by atoms with Gasteiger partial charge in [0, 0.05) is 22.9 Å². The van der Waals surface area contributed by atoms with E-state index in [9.17, 15) is 4.79 Å². The maximum atomic E-state index is 12.8. The van der Waals surface area contributed by atoms with E-state index in [1.165, 1.54) is 6.33 Å². The smallest absolute Gasteiger partial charge is 0.255 e. The Morgan fingerprint density at radius 3 is 2.34 bits per heavy atom. The summed E-state index contributed by atoms with van der Waals surface area (Å²) < 4.78 is 11.2. The van der Waals surface area contributed by atoms with Crippen molar-refractivity contribution in [2.45, 2.75) is 13.8 Å². The molecule has 6 heteroatoms. The van der Waals surface area contributed by atoms with Gasteiger partial charge >= 0.3 is 0 Å². The predicted molar refractivity (Wildman–Crippen MR) is 124 cm³/mol. The fourth-order valence-corrected chi connectivity index (χ4v) is 3.44. The lowest BCUT2D eigenvalue weighted by Crippen LogP contribution is -2.12. The molecule has 160 valence electrons. The van der Waals surface area contributed by atoms with Crippen LogP contribution in [0.5, 0.6) is 17.4 Å². The van der Waals surface area contributed by atoms with Crippen LogP contribution in [0, 0.1) is 13.8 Å². The Kier molecular flexibility index (Phi) is 6.12. The molecule has 1 aromatic heterocycles. The Hall–Kier alpha value is -4.19. The molecule has 1 N–H and O–H groups in total. The third-order valence-electron chi connectivity index (χ3n) is 4.83. The summed E-state index contributed by atoms with van der Waals surface area (Å²) in [5.41, 5.74) is 4.92. The van der Waals surface area contributed by atoms with E-state index in [2.05, 4.69) is 21.4 Å². The van der Waals surface area contributed by atoms with Crippen LogP contribution in [0.15, 0.2) is 79.1 Å². The number of aryl methyl sites for hydroxylation is 2. The lowest BCUT2D eigenvalue weighted by Gasteiger charge is -2.10. The fourth-order valence-electron chi connectivity index (χ4n) is 3.44. The van der Waals surface area contributed by atoms with E-state index in [1.54, 1.807) is 31.4 Å². The molecule has 4 aromatic rings. The van der Waals surface area contributed by atoms with Crippen molar-refractivity contribution in [2.24, 2.45) is 0 Å². The van der Waals surface area contributed by atoms with Gasteiger partial charge in [0.05, 0.1) is 12.8 Å². The van der Waals surface area contributed by atoms with Gasteiger partial charge in [-0.05, 0) is 61.4 Å². The van der Waals surface area contributed by atoms with Crippen molar-refractivity contribution in [1.29, 1.82) is 0 Å². The Morgan fingerprint density at radius 1 is 0.844 bits per heavy atom. The first-order valence-electron chi connectivity index (χ1n) is 10.1. The number of ether oxygens (including phenoxy) is 2. The molecule has 6 nitrogen and oxygen atoms in total. The molecule has 0 saturated heterocycles. The van der Waals surface area contributed by atoms with Gasteiger partial charge in [-0.1, -0.05) is 30.3 Å². The van der Waals surface area contributed by atoms with Crippen LogP contribution in [0.4, 0.5) is 5.69 Å². The molecular weight excluding hydrogens is 402 g/mol. The zero-order valence-corrected chi connectivity index (χ0v) is 18.1. The van der Waals surface area contributed by atoms with Crippen molar-refractivity contribution in [3.05, 3.63) is 95.8 Å². The Morgan fingerprint density at radius 2 is 1.59 bits per heavy atom. The van der Waals surface area contributed by atoms with E-state index in [0.29, 0.717) is 28.6 Å². The predicted octanol–water partition coefficient (Wildman–Crippen LogP) is 5.81. The lowest BCUT2D eigenvalue weighted by atomic mass is 10.1. The van der Waals surface area contributed by atoms with Crippen molar-refractivity contribution in [1.82, 2.24) is 9.97 Å². The van der Waals surface area contributed by atoms with E-state index < -0.39 is 0 Å². The summed E-state index contributed by atoms with van der Waals surface area (Å²) in [7, 11) is 1.59. The SMILES string of the molecule is COc1ccccc1Oc1cc(-c2cccc(C(=O)Nc3cc(C)cc(C)c3)c2)ncn1. The van der Waals surface area contributed by atoms with Crippen LogP contribution in [0.3, 0.4) is 0 Å². The standard InChI is InChI=1S/C26H23N3O3/c1-17-11-18(2)13-21(12-17)29-26(30)20-8-6-7-19(14-20)22-15-25(28-16-27-22)32-24-10-5-4-9-23(24)31-3/h4-16H,1-3H3,(H,29,30). The summed E-state index contributed by atoms with van der Waals surface area (Å²) in [5, 5.41) is 2.96. The summed E-state index contributed by atoms with van der Waals surface area (Å²) in [6.45, 7) is 4.01. The molecule has 0 unspecified atom stereocenters. The van der Waals surface area contributed by atoms with E-state index in [1.807, 2.05) is 56.3 Å². The van der Waals surface area contributed by atoms with Crippen molar-refractivity contribution in [3.8, 4) is 28.6 Å². The van der Waals surface area contributed by atoms with E-state index in [-0.39, 0.29) is 5.91 Å². The maximum Gasteiger partial charge on any atom is 0.255 e. The van der Waals surface area contributed by atoms with Gasteiger partial charge in [-0.2, -0.15) is 0 Å². The first-order chi connectivity index (χ1) is 15.5. The number of amides is 1. The Balaban J connectivity index is 1.56. The average Bonchev–Trinajstić information content (AvgIpc) is 2.79. The minimum atomic E-state index is -0.184. The van der Waals surface area contributed by atoms with Gasteiger partial charge in [-0.15, -0.1) is 0 Å². The number of methoxy groups -OCH3 is 1. The van der Waals surface area contributed by atoms with Crippen molar-refractivity contribution >= 4 is 11.6 Å². The summed E-state index contributed by atoms with van der Waals surface area (Å²) in [6, 6.07) is 22.3. The highest BCUT2D eigenvalue weighted by atomic mass is 16.5. The molecular formula is C26H23N3O3. The molecule has 0 bridgehead atoms. The zero-order valence-electron chi connectivity index (χ0n) is 18.1. The number of anilines is 1. The number of carbonyl (C=O) groups is 1. The number of benzene rings is 3. The highest BCUT2D eigenvalue weighted by Crippen LogP contribution is 2.31. The highest BCUT2D eigenvalue weighted by Gasteiger charge is 2.11. The second kappa shape index (κ2) is 9.31. The van der Waals surface area contributed by atoms with E-state index in [4.69, 9.17) is 9.47 Å². The van der Waals surface area contributed by atoms with Gasteiger partial charge < -0.3 is 14.8 Å². The summed E-state index contributed by atoms with van der Waals surface area (Å²) in [6.07, 6.45) is 1.43. The zero-order chi connectivity index (χ0) is 22.5. The number of hydrogen-bond acceptors (Lipinski definition) is 5. The van der Waals surface area contributed by atoms with Crippen LogP contribution in [0.2, 0.25) is 0 Å². The second-order valence-electron chi connectivity index (χ2n) is 7.41. The monoisotopic (exact) mass is 425 g/mol. The third kappa shape index (κ3) is 4.92. The first-order valence-corrected chi connectivity index (χ1v) is 10.1. The molecule has 3 aromatic carbocycles. The molecule has 0 spiro atoms. The molecule has 0 aliphatic rings. The lowest BCUT2D eigenvalue weighted by molar-refractivity contribution is 0.102. The van der Waals surface area contributed by atoms with Crippen molar-refractivity contribution in [3.63, 3.8) is 0 Å². The summed E-state index contributed by atoms with van der Waals surface area (Å²) in [5.74, 6) is 1.36. The number of aromatic nitrogens is 2. The molecule has 1 amide bonds. The van der Waals surface area contributed by atoms with Crippen LogP contribution in [0.25, 0.3) is 11.3 Å². The molecule has 0 aliphatic heterocycles. The molecule has 32 heavy (non-hydrogen) atoms. The van der Waals surface area contributed by atoms with Crippen LogP contribution in [-0.2, 0) is 0 Å². The Bertz CT molecular complexity index is 1250. The van der Waals surface area contributed by atoms with Gasteiger partial charge in [0.25, 0.3) is 5.91 Å². The van der Waals surface area contributed by atoms with Crippen LogP contribution in [0.1, 0.15) is 21.5 Å². The van der Waals surface area contributed by atoms with Crippen LogP contribution < -0.4 is 14.8 Å². The van der Waals surface area contributed by atoms with Gasteiger partial charge in [0.15, 0.2) is 11.5 Å². The molecule has 1 heterocycles. The number of hydrogen-bond donors (Lipinski definition) is 1. The van der Waals surface area contributed by atoms with Gasteiger partial charge in [-0.25, -0.2) is 9.97 Å². The molecule has 0 atom stereocenters. The molecule has 0 saturated carbocycles. The summed E-state index contributed by atoms with van der Waals surface area (Å²) in [4.78, 5) is 21.4. The quantitative estimate of drug-likeness (QED) is 0.422. The molecule has 0 fully saturated rings. The molecule has 0 aliphatic carbocycles. The second-order valence-corrected chi connectivity index (χ2v) is 7.41. The number of para-hydroxylation sites is 2. The highest BCUT2D eigenvalue weighted by molar-refractivity contribution is 6.05. The Labute approximate surface area is 186 Å². The van der Waals surface area contributed by atoms with Gasteiger partial charge in [-0.3, -0.25) is 4.79 Å². The molecule has 4 rings (SSSR count). The number of nitrogens with zero attached hydrogens (tertiary/aromatic N) is 2. The van der Waals surface area contributed by atoms with Crippen LogP contribution in [-0.4, -0.2) is 23.0 Å². The largest absolute Gasteiger partial charge is 0.493 e. The maximum absolute atomic E-state index is 12.8. The minimum absolute atomic E-state index is 0.184. The van der Waals surface area contributed by atoms with E-state index >= 15 is 0 Å². The third-order valence-corrected chi connectivity index (χ3v) is 4.83. The fraction of sp³-hybridized carbons (Fsp3) is 0.115. The van der Waals surface area contributed by atoms with Crippen molar-refractivity contribution < 1.29 is 14.3 Å². The van der Waals surface area contributed by atoms with Gasteiger partial charge in [0.2, 0.25) is 5.88 Å². The van der Waals surface area contributed by atoms with Gasteiger partial charge in [0.1, 0.15) is 6.33 Å². The normalized spacial score (nSPS) is 10.5. The number of rotatable bonds is 6. The molecule has 0 radical (unpaired) electrons. The number of carbonyl (C=O) groups excluding carboxylic acids is 1. The topological polar surface area (TPSA) is 73.3 Å². The number of nitrogens with one attached hydrogen (secondary N) is 1. The average molecular weight is 425 g/mol. The van der Waals surface area contributed by atoms with Crippen molar-refractivity contribution in [2.75, 3.05) is 12.4 Å². The van der Waals surface area contributed by atoms with Crippen LogP contribution >= 0.6 is 0 Å². The summed E-state index contributed by atoms with van der Waals surface area (Å²) >= 11 is 0.